The summed E-state index contributed by atoms with van der Waals surface area (Å²) >= 11 is 0. The van der Waals surface area contributed by atoms with E-state index < -0.39 is 0 Å². The van der Waals surface area contributed by atoms with Gasteiger partial charge in [0.25, 0.3) is 5.91 Å². The molecule has 5 nitrogen and oxygen atoms in total. The lowest BCUT2D eigenvalue weighted by Gasteiger charge is -2.14. The minimum Gasteiger partial charge on any atom is -0.345 e. The smallest absolute Gasteiger partial charge is 0.257 e. The van der Waals surface area contributed by atoms with Gasteiger partial charge in [0.1, 0.15) is 0 Å². The summed E-state index contributed by atoms with van der Waals surface area (Å²) in [5.41, 5.74) is 3.86. The predicted octanol–water partition coefficient (Wildman–Crippen LogP) is 3.66. The summed E-state index contributed by atoms with van der Waals surface area (Å²) < 4.78 is 0. The van der Waals surface area contributed by atoms with Crippen LogP contribution in [0.4, 0.5) is 5.82 Å². The molecule has 2 aromatic carbocycles. The van der Waals surface area contributed by atoms with Crippen LogP contribution in [0.1, 0.15) is 27.0 Å². The zero-order valence-corrected chi connectivity index (χ0v) is 15.0. The van der Waals surface area contributed by atoms with Gasteiger partial charge >= 0.3 is 0 Å². The van der Waals surface area contributed by atoms with Crippen LogP contribution < -0.4 is 0 Å². The molecule has 5 heteroatoms. The Labute approximate surface area is 153 Å². The Morgan fingerprint density at radius 2 is 1.46 bits per heavy atom. The Bertz CT molecular complexity index is 893. The quantitative estimate of drug-likeness (QED) is 0.679. The third kappa shape index (κ3) is 3.67. The van der Waals surface area contributed by atoms with Crippen molar-refractivity contribution in [2.75, 3.05) is 14.1 Å². The van der Waals surface area contributed by atoms with Crippen LogP contribution in [-0.4, -0.2) is 40.8 Å². The molecule has 3 rings (SSSR count). The first kappa shape index (κ1) is 17.5. The molecule has 130 valence electrons. The Balaban J connectivity index is 2.22. The second kappa shape index (κ2) is 7.70. The van der Waals surface area contributed by atoms with Crippen molar-refractivity contribution < 1.29 is 4.79 Å². The molecule has 0 unspecified atom stereocenters. The molecule has 0 saturated carbocycles. The lowest BCUT2D eigenvalue weighted by atomic mass is 10.0. The van der Waals surface area contributed by atoms with E-state index in [1.165, 1.54) is 4.90 Å². The van der Waals surface area contributed by atoms with Crippen LogP contribution in [0.2, 0.25) is 0 Å². The van der Waals surface area contributed by atoms with Crippen molar-refractivity contribution in [1.29, 1.82) is 0 Å². The van der Waals surface area contributed by atoms with Gasteiger partial charge in [-0.1, -0.05) is 60.7 Å². The fourth-order valence-electron chi connectivity index (χ4n) is 2.62. The van der Waals surface area contributed by atoms with Crippen molar-refractivity contribution in [2.24, 2.45) is 4.99 Å². The molecule has 1 aromatic heterocycles. The molecule has 0 atom stereocenters. The van der Waals surface area contributed by atoms with Crippen LogP contribution in [0.15, 0.2) is 71.9 Å². The normalized spacial score (nSPS) is 10.3. The van der Waals surface area contributed by atoms with E-state index in [-0.39, 0.29) is 5.91 Å². The fraction of sp³-hybridized carbons (Fsp3) is 0.143. The number of benzene rings is 2. The SMILES string of the molecule is Cc1cnnc(N=C(c2ccccc2)c2ccccc2)c1C(=O)N(C)C. The van der Waals surface area contributed by atoms with Gasteiger partial charge in [-0.3, -0.25) is 4.79 Å². The summed E-state index contributed by atoms with van der Waals surface area (Å²) in [5.74, 6) is 0.183. The van der Waals surface area contributed by atoms with E-state index in [0.29, 0.717) is 11.4 Å². The van der Waals surface area contributed by atoms with Crippen molar-refractivity contribution in [3.8, 4) is 0 Å². The largest absolute Gasteiger partial charge is 0.345 e. The summed E-state index contributed by atoms with van der Waals surface area (Å²) in [4.78, 5) is 18.9. The minimum atomic E-state index is -0.142. The zero-order chi connectivity index (χ0) is 18.5. The third-order valence-corrected chi connectivity index (χ3v) is 3.95. The van der Waals surface area contributed by atoms with Gasteiger partial charge in [0, 0.05) is 25.2 Å². The highest BCUT2D eigenvalue weighted by atomic mass is 16.2. The highest BCUT2D eigenvalue weighted by Gasteiger charge is 2.19. The Hall–Kier alpha value is -3.34. The van der Waals surface area contributed by atoms with Gasteiger partial charge in [-0.15, -0.1) is 5.10 Å². The van der Waals surface area contributed by atoms with E-state index in [0.717, 1.165) is 22.4 Å². The van der Waals surface area contributed by atoms with Gasteiger partial charge in [-0.2, -0.15) is 5.10 Å². The molecule has 0 fully saturated rings. The molecule has 3 aromatic rings. The van der Waals surface area contributed by atoms with Crippen molar-refractivity contribution in [2.45, 2.75) is 6.92 Å². The molecule has 26 heavy (non-hydrogen) atoms. The van der Waals surface area contributed by atoms with Crippen LogP contribution in [-0.2, 0) is 0 Å². The lowest BCUT2D eigenvalue weighted by molar-refractivity contribution is 0.0827. The predicted molar refractivity (Wildman–Crippen MR) is 103 cm³/mol. The fourth-order valence-corrected chi connectivity index (χ4v) is 2.62. The average Bonchev–Trinajstić information content (AvgIpc) is 2.67. The molecule has 0 spiro atoms. The average molecular weight is 344 g/mol. The topological polar surface area (TPSA) is 58.5 Å². The summed E-state index contributed by atoms with van der Waals surface area (Å²) in [5, 5.41) is 8.15. The maximum atomic E-state index is 12.6. The first-order chi connectivity index (χ1) is 12.6. The van der Waals surface area contributed by atoms with Gasteiger partial charge in [-0.05, 0) is 12.5 Å². The number of amides is 1. The number of rotatable bonds is 4. The molecular formula is C21H20N4O. The number of aryl methyl sites for hydroxylation is 1. The van der Waals surface area contributed by atoms with Crippen LogP contribution in [0.5, 0.6) is 0 Å². The summed E-state index contributed by atoms with van der Waals surface area (Å²) in [6.45, 7) is 1.84. The van der Waals surface area contributed by atoms with Crippen LogP contribution >= 0.6 is 0 Å². The van der Waals surface area contributed by atoms with E-state index in [2.05, 4.69) is 10.2 Å². The molecular weight excluding hydrogens is 324 g/mol. The Morgan fingerprint density at radius 1 is 0.923 bits per heavy atom. The maximum Gasteiger partial charge on any atom is 0.257 e. The van der Waals surface area contributed by atoms with E-state index >= 15 is 0 Å². The minimum absolute atomic E-state index is 0.142. The maximum absolute atomic E-state index is 12.6. The number of nitrogens with zero attached hydrogens (tertiary/aromatic N) is 4. The zero-order valence-electron chi connectivity index (χ0n) is 15.0. The molecule has 1 amide bonds. The molecule has 0 aliphatic carbocycles. The van der Waals surface area contributed by atoms with E-state index in [1.54, 1.807) is 20.3 Å². The summed E-state index contributed by atoms with van der Waals surface area (Å²) in [7, 11) is 3.43. The Morgan fingerprint density at radius 3 is 1.96 bits per heavy atom. The second-order valence-corrected chi connectivity index (χ2v) is 6.12. The summed E-state index contributed by atoms with van der Waals surface area (Å²) in [6.07, 6.45) is 1.58. The number of aromatic nitrogens is 2. The van der Waals surface area contributed by atoms with E-state index in [1.807, 2.05) is 67.6 Å². The van der Waals surface area contributed by atoms with Gasteiger partial charge in [0.2, 0.25) is 0 Å². The highest BCUT2D eigenvalue weighted by Crippen LogP contribution is 2.23. The van der Waals surface area contributed by atoms with Gasteiger partial charge in [0.15, 0.2) is 5.82 Å². The number of hydrogen-bond acceptors (Lipinski definition) is 4. The molecule has 1 heterocycles. The van der Waals surface area contributed by atoms with Crippen molar-refractivity contribution in [3.05, 3.63) is 89.1 Å². The van der Waals surface area contributed by atoms with Crippen LogP contribution in [0.25, 0.3) is 0 Å². The Kier molecular flexibility index (Phi) is 5.17. The first-order valence-electron chi connectivity index (χ1n) is 8.31. The lowest BCUT2D eigenvalue weighted by Crippen LogP contribution is -2.23. The van der Waals surface area contributed by atoms with Crippen LogP contribution in [0, 0.1) is 6.92 Å². The standard InChI is InChI=1S/C21H20N4O/c1-15-14-22-24-20(18(15)21(26)25(2)3)23-19(16-10-6-4-7-11-16)17-12-8-5-9-13-17/h4-14H,1-3H3. The molecule has 0 aliphatic rings. The number of carbonyl (C=O) groups is 1. The molecule has 0 N–H and O–H groups in total. The first-order valence-corrected chi connectivity index (χ1v) is 8.31. The number of aliphatic imine (C=N–C) groups is 1. The van der Waals surface area contributed by atoms with Crippen molar-refractivity contribution in [1.82, 2.24) is 15.1 Å². The molecule has 0 bridgehead atoms. The third-order valence-electron chi connectivity index (χ3n) is 3.95. The van der Waals surface area contributed by atoms with Gasteiger partial charge in [-0.25, -0.2) is 4.99 Å². The van der Waals surface area contributed by atoms with Gasteiger partial charge in [0.05, 0.1) is 17.5 Å². The van der Waals surface area contributed by atoms with Crippen LogP contribution in [0.3, 0.4) is 0 Å². The van der Waals surface area contributed by atoms with E-state index in [9.17, 15) is 4.79 Å². The molecule has 0 aliphatic heterocycles. The van der Waals surface area contributed by atoms with Crippen molar-refractivity contribution in [3.63, 3.8) is 0 Å². The number of carbonyl (C=O) groups excluding carboxylic acids is 1. The molecule has 0 saturated heterocycles. The van der Waals surface area contributed by atoms with Crippen molar-refractivity contribution >= 4 is 17.4 Å². The van der Waals surface area contributed by atoms with E-state index in [4.69, 9.17) is 4.99 Å². The number of hydrogen-bond donors (Lipinski definition) is 0. The summed E-state index contributed by atoms with van der Waals surface area (Å²) in [6, 6.07) is 19.7. The monoisotopic (exact) mass is 344 g/mol. The second-order valence-electron chi connectivity index (χ2n) is 6.12. The highest BCUT2D eigenvalue weighted by molar-refractivity contribution is 6.14. The van der Waals surface area contributed by atoms with Gasteiger partial charge < -0.3 is 4.90 Å². The molecule has 0 radical (unpaired) electrons.